The smallest absolute Gasteiger partial charge is 0.377 e. The Labute approximate surface area is 180 Å². The van der Waals surface area contributed by atoms with Gasteiger partial charge in [-0.25, -0.2) is 0 Å². The average molecular weight is 502 g/mol. The van der Waals surface area contributed by atoms with E-state index in [0.717, 1.165) is 18.2 Å². The summed E-state index contributed by atoms with van der Waals surface area (Å²) in [6, 6.07) is 15.6. The van der Waals surface area contributed by atoms with Crippen LogP contribution in [-0.2, 0) is 10.1 Å². The van der Waals surface area contributed by atoms with Crippen LogP contribution in [0.4, 0.5) is 39.5 Å². The highest BCUT2D eigenvalue weighted by Crippen LogP contribution is 2.55. The predicted octanol–water partition coefficient (Wildman–Crippen LogP) is 6.64. The van der Waals surface area contributed by atoms with Gasteiger partial charge in [-0.3, -0.25) is 0 Å². The van der Waals surface area contributed by atoms with Gasteiger partial charge < -0.3 is 4.18 Å². The minimum absolute atomic E-state index is 0.201. The van der Waals surface area contributed by atoms with Gasteiger partial charge >= 0.3 is 33.4 Å². The lowest BCUT2D eigenvalue weighted by atomic mass is 9.98. The monoisotopic (exact) mass is 502 g/mol. The number of hydrogen-bond acceptors (Lipinski definition) is 3. The van der Waals surface area contributed by atoms with Crippen LogP contribution in [0.2, 0.25) is 0 Å². The molecule has 3 aromatic carbocycles. The summed E-state index contributed by atoms with van der Waals surface area (Å²) < 4.78 is 146. The van der Waals surface area contributed by atoms with Gasteiger partial charge in [0, 0.05) is 5.39 Å². The zero-order valence-electron chi connectivity index (χ0n) is 15.9. The molecular formula is C20H11F9O3S. The highest BCUT2D eigenvalue weighted by Gasteiger charge is 2.86. The van der Waals surface area contributed by atoms with E-state index >= 15 is 0 Å². The van der Waals surface area contributed by atoms with Crippen molar-refractivity contribution < 1.29 is 52.1 Å². The Morgan fingerprint density at radius 2 is 1.15 bits per heavy atom. The third-order valence-corrected chi connectivity index (χ3v) is 5.88. The van der Waals surface area contributed by atoms with Gasteiger partial charge in [0.15, 0.2) is 5.75 Å². The molecule has 0 aliphatic carbocycles. The van der Waals surface area contributed by atoms with Crippen molar-refractivity contribution in [2.45, 2.75) is 23.3 Å². The van der Waals surface area contributed by atoms with Crippen LogP contribution in [0.25, 0.3) is 21.9 Å². The van der Waals surface area contributed by atoms with E-state index in [-0.39, 0.29) is 10.8 Å². The van der Waals surface area contributed by atoms with Gasteiger partial charge in [-0.05, 0) is 22.6 Å². The van der Waals surface area contributed by atoms with E-state index in [2.05, 4.69) is 4.18 Å². The van der Waals surface area contributed by atoms with E-state index in [0.29, 0.717) is 11.1 Å². The molecule has 3 nitrogen and oxygen atoms in total. The summed E-state index contributed by atoms with van der Waals surface area (Å²) in [4.78, 5) is 0. The number of fused-ring (bicyclic) bond motifs is 1. The fourth-order valence-corrected chi connectivity index (χ4v) is 3.84. The van der Waals surface area contributed by atoms with Gasteiger partial charge in [0.2, 0.25) is 0 Å². The molecule has 0 saturated carbocycles. The lowest BCUT2D eigenvalue weighted by Crippen LogP contribution is -2.63. The van der Waals surface area contributed by atoms with Crippen molar-refractivity contribution in [3.8, 4) is 16.9 Å². The first-order valence-electron chi connectivity index (χ1n) is 8.76. The van der Waals surface area contributed by atoms with E-state index in [1.54, 1.807) is 36.4 Å². The zero-order chi connectivity index (χ0) is 24.9. The van der Waals surface area contributed by atoms with Crippen LogP contribution >= 0.6 is 0 Å². The summed E-state index contributed by atoms with van der Waals surface area (Å²) >= 11 is 0. The first-order chi connectivity index (χ1) is 15.0. The van der Waals surface area contributed by atoms with Crippen LogP contribution in [0.15, 0.2) is 66.7 Å². The third-order valence-electron chi connectivity index (χ3n) is 4.60. The van der Waals surface area contributed by atoms with Crippen LogP contribution in [0, 0.1) is 0 Å². The van der Waals surface area contributed by atoms with Crippen molar-refractivity contribution >= 4 is 20.9 Å². The molecule has 0 atom stereocenters. The standard InChI is InChI=1S/C20H11F9O3S/c21-17(22,19(25,26)27)18(23,24)20(28,29)33(30,31)32-16-11-5-9-14-13(8-4-10-15(14)16)12-6-2-1-3-7-12/h1-11H. The third kappa shape index (κ3) is 3.87. The number of halogens is 9. The van der Waals surface area contributed by atoms with Crippen molar-refractivity contribution in [3.63, 3.8) is 0 Å². The predicted molar refractivity (Wildman–Crippen MR) is 99.8 cm³/mol. The first kappa shape index (κ1) is 24.7. The molecule has 0 aromatic heterocycles. The second-order valence-corrected chi connectivity index (χ2v) is 8.31. The van der Waals surface area contributed by atoms with Gasteiger partial charge in [0.05, 0.1) is 0 Å². The fourth-order valence-electron chi connectivity index (χ4n) is 2.91. The lowest BCUT2D eigenvalue weighted by Gasteiger charge is -2.32. The van der Waals surface area contributed by atoms with E-state index in [4.69, 9.17) is 0 Å². The molecule has 0 bridgehead atoms. The van der Waals surface area contributed by atoms with Crippen molar-refractivity contribution in [1.29, 1.82) is 0 Å². The Kier molecular flexibility index (Phi) is 5.85. The minimum Gasteiger partial charge on any atom is -0.377 e. The molecule has 0 N–H and O–H groups in total. The van der Waals surface area contributed by atoms with E-state index in [9.17, 15) is 47.9 Å². The number of benzene rings is 3. The molecule has 0 unspecified atom stereocenters. The Bertz CT molecular complexity index is 1270. The summed E-state index contributed by atoms with van der Waals surface area (Å²) in [6.45, 7) is 0. The van der Waals surface area contributed by atoms with Gasteiger partial charge in [-0.15, -0.1) is 0 Å². The Morgan fingerprint density at radius 1 is 0.606 bits per heavy atom. The zero-order valence-corrected chi connectivity index (χ0v) is 16.7. The second kappa shape index (κ2) is 7.82. The summed E-state index contributed by atoms with van der Waals surface area (Å²) in [5.41, 5.74) is 1.03. The van der Waals surface area contributed by atoms with Crippen molar-refractivity contribution in [2.24, 2.45) is 0 Å². The van der Waals surface area contributed by atoms with Gasteiger partial charge in [-0.1, -0.05) is 60.7 Å². The molecule has 0 saturated heterocycles. The molecule has 0 aliphatic rings. The molecule has 3 rings (SSSR count). The van der Waals surface area contributed by atoms with E-state index < -0.39 is 39.1 Å². The summed E-state index contributed by atoms with van der Waals surface area (Å²) in [7, 11) is -7.05. The maximum Gasteiger partial charge on any atom is 0.460 e. The van der Waals surface area contributed by atoms with E-state index in [1.165, 1.54) is 12.1 Å². The molecule has 0 amide bonds. The first-order valence-corrected chi connectivity index (χ1v) is 10.2. The van der Waals surface area contributed by atoms with Crippen LogP contribution in [0.3, 0.4) is 0 Å². The average Bonchev–Trinajstić information content (AvgIpc) is 2.73. The molecule has 0 fully saturated rings. The minimum atomic E-state index is -7.38. The molecule has 0 spiro atoms. The molecule has 3 aromatic rings. The maximum atomic E-state index is 14.0. The molecular weight excluding hydrogens is 491 g/mol. The molecule has 33 heavy (non-hydrogen) atoms. The fraction of sp³-hybridized carbons (Fsp3) is 0.200. The molecule has 178 valence electrons. The van der Waals surface area contributed by atoms with Gasteiger partial charge in [-0.2, -0.15) is 47.9 Å². The largest absolute Gasteiger partial charge is 0.460 e. The Balaban J connectivity index is 2.10. The summed E-state index contributed by atoms with van der Waals surface area (Å²) in [5, 5.41) is -6.95. The Hall–Kier alpha value is -2.96. The second-order valence-electron chi connectivity index (χ2n) is 6.72. The summed E-state index contributed by atoms with van der Waals surface area (Å²) in [5.74, 6) is -15.7. The lowest BCUT2D eigenvalue weighted by molar-refractivity contribution is -0.382. The molecule has 13 heteroatoms. The molecule has 0 heterocycles. The SMILES string of the molecule is O=S(=O)(Oc1cccc2c(-c3ccccc3)cccc12)C(F)(F)C(F)(F)C(F)(F)C(F)(F)F. The van der Waals surface area contributed by atoms with Gasteiger partial charge in [0.25, 0.3) is 0 Å². The van der Waals surface area contributed by atoms with Crippen molar-refractivity contribution in [3.05, 3.63) is 66.7 Å². The van der Waals surface area contributed by atoms with Crippen LogP contribution in [0.1, 0.15) is 0 Å². The summed E-state index contributed by atoms with van der Waals surface area (Å²) in [6.07, 6.45) is -7.17. The van der Waals surface area contributed by atoms with Gasteiger partial charge in [0.1, 0.15) is 0 Å². The van der Waals surface area contributed by atoms with Crippen LogP contribution in [0.5, 0.6) is 5.75 Å². The number of alkyl halides is 9. The normalized spacial score (nSPS) is 13.8. The molecule has 0 aliphatic heterocycles. The molecule has 0 radical (unpaired) electrons. The topological polar surface area (TPSA) is 43.4 Å². The highest BCUT2D eigenvalue weighted by atomic mass is 32.2. The van der Waals surface area contributed by atoms with E-state index in [1.807, 2.05) is 0 Å². The Morgan fingerprint density at radius 3 is 1.73 bits per heavy atom. The maximum absolute atomic E-state index is 14.0. The highest BCUT2D eigenvalue weighted by molar-refractivity contribution is 7.88. The number of rotatable bonds is 6. The quantitative estimate of drug-likeness (QED) is 0.280. The van der Waals surface area contributed by atoms with Crippen molar-refractivity contribution in [2.75, 3.05) is 0 Å². The van der Waals surface area contributed by atoms with Crippen LogP contribution in [-0.4, -0.2) is 31.7 Å². The van der Waals surface area contributed by atoms with Crippen molar-refractivity contribution in [1.82, 2.24) is 0 Å². The van der Waals surface area contributed by atoms with Crippen LogP contribution < -0.4 is 4.18 Å². The number of hydrogen-bond donors (Lipinski definition) is 0.